The Morgan fingerprint density at radius 2 is 1.85 bits per heavy atom. The maximum Gasteiger partial charge on any atom is 0.416 e. The molecular weight excluding hydrogens is 314 g/mol. The van der Waals surface area contributed by atoms with Crippen LogP contribution < -0.4 is 5.32 Å². The van der Waals surface area contributed by atoms with Gasteiger partial charge < -0.3 is 5.32 Å². The molecule has 0 radical (unpaired) electrons. The molecule has 0 atom stereocenters. The van der Waals surface area contributed by atoms with Gasteiger partial charge in [0.15, 0.2) is 0 Å². The van der Waals surface area contributed by atoms with Crippen molar-refractivity contribution in [3.05, 3.63) is 56.5 Å². The Balaban J connectivity index is 2.06. The molecule has 1 heterocycles. The van der Waals surface area contributed by atoms with E-state index in [1.807, 2.05) is 0 Å². The number of rotatable bonds is 4. The van der Waals surface area contributed by atoms with Gasteiger partial charge in [0.1, 0.15) is 5.82 Å². The minimum absolute atomic E-state index is 0.00461. The van der Waals surface area contributed by atoms with E-state index in [0.29, 0.717) is 16.9 Å². The maximum atomic E-state index is 12.9. The summed E-state index contributed by atoms with van der Waals surface area (Å²) in [4.78, 5) is 0.922. The normalized spacial score (nSPS) is 11.8. The number of nitrogens with one attached hydrogen (secondary N) is 1. The Hall–Kier alpha value is -1.11. The molecule has 1 aromatic heterocycles. The molecular formula is C13H10ClF4NS. The van der Waals surface area contributed by atoms with Crippen LogP contribution in [0.4, 0.5) is 17.6 Å². The molecule has 0 spiro atoms. The van der Waals surface area contributed by atoms with E-state index in [1.165, 1.54) is 11.3 Å². The highest BCUT2D eigenvalue weighted by molar-refractivity contribution is 7.16. The average molecular weight is 324 g/mol. The lowest BCUT2D eigenvalue weighted by Gasteiger charge is -2.13. The fourth-order valence-electron chi connectivity index (χ4n) is 1.73. The standard InChI is InChI=1S/C13H10ClF4NS/c14-12-4-3-10(20-12)7-19-6-8-1-2-9(15)5-11(8)13(16,17)18/h1-5,19H,6-7H2. The van der Waals surface area contributed by atoms with Crippen LogP contribution in [0.2, 0.25) is 4.34 Å². The van der Waals surface area contributed by atoms with Gasteiger partial charge in [0.05, 0.1) is 9.90 Å². The fraction of sp³-hybridized carbons (Fsp3) is 0.231. The van der Waals surface area contributed by atoms with E-state index in [0.717, 1.165) is 17.0 Å². The molecule has 7 heteroatoms. The van der Waals surface area contributed by atoms with Crippen LogP contribution in [-0.4, -0.2) is 0 Å². The van der Waals surface area contributed by atoms with Gasteiger partial charge in [-0.1, -0.05) is 17.7 Å². The summed E-state index contributed by atoms with van der Waals surface area (Å²) in [6.07, 6.45) is -4.56. The first-order chi connectivity index (χ1) is 9.36. The molecule has 0 fully saturated rings. The van der Waals surface area contributed by atoms with Crippen molar-refractivity contribution >= 4 is 22.9 Å². The summed E-state index contributed by atoms with van der Waals surface area (Å²) in [6.45, 7) is 0.413. The summed E-state index contributed by atoms with van der Waals surface area (Å²) in [7, 11) is 0. The second-order valence-electron chi connectivity index (χ2n) is 4.11. The Morgan fingerprint density at radius 3 is 2.45 bits per heavy atom. The van der Waals surface area contributed by atoms with Crippen molar-refractivity contribution in [2.24, 2.45) is 0 Å². The molecule has 2 rings (SSSR count). The highest BCUT2D eigenvalue weighted by atomic mass is 35.5. The summed E-state index contributed by atoms with van der Waals surface area (Å²) in [5, 5.41) is 2.89. The molecule has 0 aliphatic rings. The van der Waals surface area contributed by atoms with E-state index in [4.69, 9.17) is 11.6 Å². The van der Waals surface area contributed by atoms with E-state index < -0.39 is 17.6 Å². The third-order valence-electron chi connectivity index (χ3n) is 2.62. The zero-order valence-corrected chi connectivity index (χ0v) is 11.7. The molecule has 1 N–H and O–H groups in total. The number of alkyl halides is 3. The van der Waals surface area contributed by atoms with Gasteiger partial charge in [-0.2, -0.15) is 13.2 Å². The van der Waals surface area contributed by atoms with Gasteiger partial charge >= 0.3 is 6.18 Å². The Morgan fingerprint density at radius 1 is 1.10 bits per heavy atom. The highest BCUT2D eigenvalue weighted by Gasteiger charge is 2.33. The van der Waals surface area contributed by atoms with Crippen molar-refractivity contribution in [1.29, 1.82) is 0 Å². The van der Waals surface area contributed by atoms with Gasteiger partial charge in [-0.05, 0) is 29.8 Å². The van der Waals surface area contributed by atoms with E-state index in [-0.39, 0.29) is 12.1 Å². The van der Waals surface area contributed by atoms with E-state index in [2.05, 4.69) is 5.32 Å². The van der Waals surface area contributed by atoms with Gasteiger partial charge in [0.25, 0.3) is 0 Å². The summed E-state index contributed by atoms with van der Waals surface area (Å²) < 4.78 is 51.9. The quantitative estimate of drug-likeness (QED) is 0.793. The molecule has 2 aromatic rings. The number of hydrogen-bond donors (Lipinski definition) is 1. The van der Waals surface area contributed by atoms with Gasteiger partial charge in [-0.3, -0.25) is 0 Å². The van der Waals surface area contributed by atoms with Crippen molar-refractivity contribution in [1.82, 2.24) is 5.32 Å². The first kappa shape index (κ1) is 15.3. The number of hydrogen-bond acceptors (Lipinski definition) is 2. The minimum atomic E-state index is -4.56. The lowest BCUT2D eigenvalue weighted by Crippen LogP contribution is -2.17. The monoisotopic (exact) mass is 323 g/mol. The average Bonchev–Trinajstić information content (AvgIpc) is 2.76. The molecule has 0 aliphatic heterocycles. The first-order valence-corrected chi connectivity index (χ1v) is 6.86. The Labute approximate surface area is 122 Å². The van der Waals surface area contributed by atoms with Crippen LogP contribution in [0.15, 0.2) is 30.3 Å². The van der Waals surface area contributed by atoms with Crippen LogP contribution in [0.25, 0.3) is 0 Å². The molecule has 1 aromatic carbocycles. The zero-order valence-electron chi connectivity index (χ0n) is 10.1. The van der Waals surface area contributed by atoms with Crippen LogP contribution in [0.5, 0.6) is 0 Å². The fourth-order valence-corrected chi connectivity index (χ4v) is 2.79. The maximum absolute atomic E-state index is 12.9. The molecule has 0 bridgehead atoms. The van der Waals surface area contributed by atoms with E-state index >= 15 is 0 Å². The van der Waals surface area contributed by atoms with Crippen molar-refractivity contribution < 1.29 is 17.6 Å². The second kappa shape index (κ2) is 6.11. The largest absolute Gasteiger partial charge is 0.416 e. The summed E-state index contributed by atoms with van der Waals surface area (Å²) in [6, 6.07) is 6.21. The smallest absolute Gasteiger partial charge is 0.308 e. The predicted octanol–water partition coefficient (Wildman–Crippen LogP) is 4.85. The topological polar surface area (TPSA) is 12.0 Å². The summed E-state index contributed by atoms with van der Waals surface area (Å²) in [5.41, 5.74) is -0.934. The molecule has 108 valence electrons. The van der Waals surface area contributed by atoms with Gasteiger partial charge in [-0.25, -0.2) is 4.39 Å². The zero-order chi connectivity index (χ0) is 14.8. The lowest BCUT2D eigenvalue weighted by molar-refractivity contribution is -0.138. The molecule has 20 heavy (non-hydrogen) atoms. The van der Waals surface area contributed by atoms with Crippen molar-refractivity contribution in [3.8, 4) is 0 Å². The van der Waals surface area contributed by atoms with Crippen LogP contribution in [0.1, 0.15) is 16.0 Å². The molecule has 0 saturated heterocycles. The molecule has 0 amide bonds. The summed E-state index contributed by atoms with van der Waals surface area (Å²) in [5.74, 6) is -0.897. The third kappa shape index (κ3) is 3.94. The van der Waals surface area contributed by atoms with Gasteiger partial charge in [-0.15, -0.1) is 11.3 Å². The highest BCUT2D eigenvalue weighted by Crippen LogP contribution is 2.32. The van der Waals surface area contributed by atoms with Crippen molar-refractivity contribution in [2.45, 2.75) is 19.3 Å². The number of thiophene rings is 1. The number of benzene rings is 1. The van der Waals surface area contributed by atoms with E-state index in [9.17, 15) is 17.6 Å². The SMILES string of the molecule is Fc1ccc(CNCc2ccc(Cl)s2)c(C(F)(F)F)c1. The Kier molecular flexibility index (Phi) is 4.67. The number of halogens is 5. The third-order valence-corrected chi connectivity index (χ3v) is 3.85. The molecule has 0 saturated carbocycles. The predicted molar refractivity (Wildman–Crippen MR) is 71.3 cm³/mol. The van der Waals surface area contributed by atoms with Crippen LogP contribution >= 0.6 is 22.9 Å². The van der Waals surface area contributed by atoms with Gasteiger partial charge in [0, 0.05) is 18.0 Å². The second-order valence-corrected chi connectivity index (χ2v) is 5.91. The first-order valence-electron chi connectivity index (χ1n) is 5.67. The van der Waals surface area contributed by atoms with Crippen LogP contribution in [0.3, 0.4) is 0 Å². The van der Waals surface area contributed by atoms with Crippen molar-refractivity contribution in [2.75, 3.05) is 0 Å². The molecule has 0 unspecified atom stereocenters. The van der Waals surface area contributed by atoms with Crippen molar-refractivity contribution in [3.63, 3.8) is 0 Å². The van der Waals surface area contributed by atoms with Crippen LogP contribution in [-0.2, 0) is 19.3 Å². The van der Waals surface area contributed by atoms with Crippen LogP contribution in [0, 0.1) is 5.82 Å². The lowest BCUT2D eigenvalue weighted by atomic mass is 10.1. The van der Waals surface area contributed by atoms with E-state index in [1.54, 1.807) is 12.1 Å². The summed E-state index contributed by atoms with van der Waals surface area (Å²) >= 11 is 7.11. The van der Waals surface area contributed by atoms with Gasteiger partial charge in [0.2, 0.25) is 0 Å². The Bertz CT molecular complexity index is 594. The molecule has 0 aliphatic carbocycles. The minimum Gasteiger partial charge on any atom is -0.308 e. The molecule has 1 nitrogen and oxygen atoms in total.